The molecule has 108 valence electrons. The van der Waals surface area contributed by atoms with Crippen LogP contribution < -0.4 is 15.1 Å². The summed E-state index contributed by atoms with van der Waals surface area (Å²) < 4.78 is 5.61. The van der Waals surface area contributed by atoms with Gasteiger partial charge >= 0.3 is 0 Å². The van der Waals surface area contributed by atoms with Gasteiger partial charge in [0.1, 0.15) is 6.10 Å². The summed E-state index contributed by atoms with van der Waals surface area (Å²) in [5, 5.41) is 3.22. The minimum atomic E-state index is -0.361. The predicted octanol–water partition coefficient (Wildman–Crippen LogP) is 0.848. The Hall–Kier alpha value is -1.59. The first-order valence-corrected chi connectivity index (χ1v) is 7.21. The maximum absolute atomic E-state index is 12.7. The Labute approximate surface area is 119 Å². The monoisotopic (exact) mass is 275 g/mol. The Bertz CT molecular complexity index is 486. The number of anilines is 2. The minimum Gasteiger partial charge on any atom is -0.373 e. The number of carbonyl (C=O) groups excluding carboxylic acids is 1. The molecule has 1 atom stereocenters. The molecular formula is C15H21N3O2. The molecule has 0 bridgehead atoms. The van der Waals surface area contributed by atoms with Gasteiger partial charge in [-0.3, -0.25) is 4.79 Å². The summed E-state index contributed by atoms with van der Waals surface area (Å²) in [6.45, 7) is 3.74. The summed E-state index contributed by atoms with van der Waals surface area (Å²) in [4.78, 5) is 16.8. The Balaban J connectivity index is 1.88. The van der Waals surface area contributed by atoms with Gasteiger partial charge in [0.05, 0.1) is 18.0 Å². The van der Waals surface area contributed by atoms with Crippen molar-refractivity contribution in [3.05, 3.63) is 24.3 Å². The van der Waals surface area contributed by atoms with E-state index in [4.69, 9.17) is 4.74 Å². The Kier molecular flexibility index (Phi) is 3.89. The number of hydrogen-bond donors (Lipinski definition) is 1. The summed E-state index contributed by atoms with van der Waals surface area (Å²) in [7, 11) is 2.07. The second-order valence-corrected chi connectivity index (χ2v) is 5.32. The first-order valence-electron chi connectivity index (χ1n) is 7.21. The van der Waals surface area contributed by atoms with Crippen molar-refractivity contribution in [1.82, 2.24) is 5.32 Å². The van der Waals surface area contributed by atoms with Gasteiger partial charge in [0.2, 0.25) is 0 Å². The molecule has 3 rings (SSSR count). The minimum absolute atomic E-state index is 0.0694. The van der Waals surface area contributed by atoms with E-state index >= 15 is 0 Å². The quantitative estimate of drug-likeness (QED) is 0.825. The van der Waals surface area contributed by atoms with Gasteiger partial charge in [-0.05, 0) is 18.6 Å². The number of ether oxygens (including phenoxy) is 1. The average Bonchev–Trinajstić information content (AvgIpc) is 2.67. The lowest BCUT2D eigenvalue weighted by molar-refractivity contribution is -0.131. The molecule has 2 aliphatic rings. The lowest BCUT2D eigenvalue weighted by atomic mass is 10.2. The van der Waals surface area contributed by atoms with E-state index in [1.807, 2.05) is 23.1 Å². The molecule has 5 nitrogen and oxygen atoms in total. The molecule has 0 saturated carbocycles. The zero-order valence-electron chi connectivity index (χ0n) is 11.8. The molecule has 0 aromatic heterocycles. The molecule has 5 heteroatoms. The van der Waals surface area contributed by atoms with Gasteiger partial charge in [-0.15, -0.1) is 0 Å². The molecule has 1 unspecified atom stereocenters. The first-order chi connectivity index (χ1) is 9.77. The number of benzene rings is 1. The van der Waals surface area contributed by atoms with Gasteiger partial charge in [0, 0.05) is 33.2 Å². The van der Waals surface area contributed by atoms with E-state index in [9.17, 15) is 4.79 Å². The fourth-order valence-corrected chi connectivity index (χ4v) is 2.85. The van der Waals surface area contributed by atoms with Crippen LogP contribution in [-0.2, 0) is 9.53 Å². The summed E-state index contributed by atoms with van der Waals surface area (Å²) >= 11 is 0. The number of nitrogens with one attached hydrogen (secondary N) is 1. The van der Waals surface area contributed by atoms with Gasteiger partial charge in [-0.2, -0.15) is 0 Å². The predicted molar refractivity (Wildman–Crippen MR) is 79.3 cm³/mol. The second kappa shape index (κ2) is 5.81. The highest BCUT2D eigenvalue weighted by molar-refractivity contribution is 6.00. The second-order valence-electron chi connectivity index (χ2n) is 5.32. The molecule has 0 radical (unpaired) electrons. The van der Waals surface area contributed by atoms with Crippen molar-refractivity contribution in [1.29, 1.82) is 0 Å². The average molecular weight is 275 g/mol. The van der Waals surface area contributed by atoms with E-state index in [2.05, 4.69) is 23.3 Å². The molecule has 1 aromatic rings. The van der Waals surface area contributed by atoms with Crippen LogP contribution in [0.5, 0.6) is 0 Å². The topological polar surface area (TPSA) is 44.8 Å². The van der Waals surface area contributed by atoms with E-state index in [1.54, 1.807) is 0 Å². The number of fused-ring (bicyclic) bond motifs is 1. The highest BCUT2D eigenvalue weighted by atomic mass is 16.5. The zero-order valence-corrected chi connectivity index (χ0v) is 11.8. The van der Waals surface area contributed by atoms with Crippen molar-refractivity contribution >= 4 is 17.3 Å². The van der Waals surface area contributed by atoms with E-state index in [1.165, 1.54) is 0 Å². The Morgan fingerprint density at radius 3 is 2.85 bits per heavy atom. The van der Waals surface area contributed by atoms with Crippen LogP contribution in [-0.4, -0.2) is 51.8 Å². The maximum atomic E-state index is 12.7. The number of morpholine rings is 1. The summed E-state index contributed by atoms with van der Waals surface area (Å²) in [6, 6.07) is 8.09. The molecule has 1 aromatic carbocycles. The lowest BCUT2D eigenvalue weighted by Gasteiger charge is -2.30. The van der Waals surface area contributed by atoms with Gasteiger partial charge in [0.25, 0.3) is 5.91 Å². The zero-order chi connectivity index (χ0) is 13.9. The molecule has 0 spiro atoms. The van der Waals surface area contributed by atoms with Crippen LogP contribution in [0.15, 0.2) is 24.3 Å². The van der Waals surface area contributed by atoms with Crippen molar-refractivity contribution in [2.75, 3.05) is 49.6 Å². The van der Waals surface area contributed by atoms with Gasteiger partial charge in [-0.1, -0.05) is 12.1 Å². The van der Waals surface area contributed by atoms with Crippen LogP contribution in [0.1, 0.15) is 6.42 Å². The molecule has 20 heavy (non-hydrogen) atoms. The van der Waals surface area contributed by atoms with Crippen LogP contribution in [0.3, 0.4) is 0 Å². The van der Waals surface area contributed by atoms with E-state index in [0.717, 1.165) is 37.4 Å². The molecule has 1 saturated heterocycles. The molecule has 2 aliphatic heterocycles. The van der Waals surface area contributed by atoms with Gasteiger partial charge in [-0.25, -0.2) is 0 Å². The SMILES string of the molecule is CN1CCCN(C(=O)C2CNCCO2)c2ccccc21. The van der Waals surface area contributed by atoms with E-state index in [0.29, 0.717) is 13.2 Å². The summed E-state index contributed by atoms with van der Waals surface area (Å²) in [5.74, 6) is 0.0694. The fraction of sp³-hybridized carbons (Fsp3) is 0.533. The molecule has 0 aliphatic carbocycles. The van der Waals surface area contributed by atoms with E-state index < -0.39 is 0 Å². The van der Waals surface area contributed by atoms with E-state index in [-0.39, 0.29) is 12.0 Å². The lowest BCUT2D eigenvalue weighted by Crippen LogP contribution is -2.49. The molecule has 1 N–H and O–H groups in total. The van der Waals surface area contributed by atoms with Gasteiger partial charge < -0.3 is 19.9 Å². The van der Waals surface area contributed by atoms with Crippen LogP contribution in [0, 0.1) is 0 Å². The molecular weight excluding hydrogens is 254 g/mol. The third kappa shape index (κ3) is 2.51. The molecule has 1 amide bonds. The molecule has 1 fully saturated rings. The van der Waals surface area contributed by atoms with Crippen molar-refractivity contribution in [3.8, 4) is 0 Å². The normalized spacial score (nSPS) is 23.1. The van der Waals surface area contributed by atoms with Crippen LogP contribution >= 0.6 is 0 Å². The van der Waals surface area contributed by atoms with Crippen LogP contribution in [0.4, 0.5) is 11.4 Å². The fourth-order valence-electron chi connectivity index (χ4n) is 2.85. The van der Waals surface area contributed by atoms with Crippen LogP contribution in [0.2, 0.25) is 0 Å². The van der Waals surface area contributed by atoms with Crippen molar-refractivity contribution in [3.63, 3.8) is 0 Å². The Morgan fingerprint density at radius 1 is 1.30 bits per heavy atom. The van der Waals surface area contributed by atoms with Crippen molar-refractivity contribution in [2.45, 2.75) is 12.5 Å². The highest BCUT2D eigenvalue weighted by Gasteiger charge is 2.30. The Morgan fingerprint density at radius 2 is 2.10 bits per heavy atom. The third-order valence-electron chi connectivity index (χ3n) is 3.93. The number of para-hydroxylation sites is 2. The highest BCUT2D eigenvalue weighted by Crippen LogP contribution is 2.31. The largest absolute Gasteiger partial charge is 0.373 e. The molecule has 2 heterocycles. The summed E-state index contributed by atoms with van der Waals surface area (Å²) in [5.41, 5.74) is 2.11. The van der Waals surface area contributed by atoms with Gasteiger partial charge in [0.15, 0.2) is 0 Å². The number of hydrogen-bond acceptors (Lipinski definition) is 4. The first kappa shape index (κ1) is 13.4. The smallest absolute Gasteiger partial charge is 0.257 e. The number of rotatable bonds is 1. The maximum Gasteiger partial charge on any atom is 0.257 e. The van der Waals surface area contributed by atoms with Crippen molar-refractivity contribution < 1.29 is 9.53 Å². The number of amides is 1. The third-order valence-corrected chi connectivity index (χ3v) is 3.93. The standard InChI is InChI=1S/C15H21N3O2/c1-17-8-4-9-18(13-6-3-2-5-12(13)17)15(19)14-11-16-7-10-20-14/h2-3,5-6,14,16H,4,7-11H2,1H3. The summed E-state index contributed by atoms with van der Waals surface area (Å²) in [6.07, 6.45) is 0.608. The number of nitrogens with zero attached hydrogens (tertiary/aromatic N) is 2. The van der Waals surface area contributed by atoms with Crippen molar-refractivity contribution in [2.24, 2.45) is 0 Å². The number of carbonyl (C=O) groups is 1. The van der Waals surface area contributed by atoms with Crippen LogP contribution in [0.25, 0.3) is 0 Å².